The van der Waals surface area contributed by atoms with Crippen LogP contribution in [0, 0.1) is 11.9 Å². The van der Waals surface area contributed by atoms with Gasteiger partial charge < -0.3 is 9.84 Å². The van der Waals surface area contributed by atoms with Gasteiger partial charge >= 0.3 is 6.18 Å². The van der Waals surface area contributed by atoms with Gasteiger partial charge in [0.25, 0.3) is 0 Å². The molecule has 0 amide bonds. The molecule has 0 aliphatic heterocycles. The third-order valence-corrected chi connectivity index (χ3v) is 1.51. The number of benzene rings is 1. The molecule has 0 spiro atoms. The lowest BCUT2D eigenvalue weighted by Gasteiger charge is -2.14. The molecule has 0 aliphatic rings. The van der Waals surface area contributed by atoms with Crippen molar-refractivity contribution in [2.75, 3.05) is 6.61 Å². The molecule has 0 aliphatic carbocycles. The van der Waals surface area contributed by atoms with Crippen LogP contribution in [-0.4, -0.2) is 24.0 Å². The van der Waals surface area contributed by atoms with E-state index >= 15 is 0 Å². The van der Waals surface area contributed by atoms with Gasteiger partial charge in [0.1, 0.15) is 18.2 Å². The number of halogens is 4. The molecule has 0 saturated heterocycles. The van der Waals surface area contributed by atoms with Crippen LogP contribution in [0.1, 0.15) is 0 Å². The summed E-state index contributed by atoms with van der Waals surface area (Å²) in [6.45, 7) is -0.983. The van der Waals surface area contributed by atoms with Crippen molar-refractivity contribution >= 4 is 0 Å². The van der Waals surface area contributed by atoms with Gasteiger partial charge in [-0.15, -0.1) is 0 Å². The third kappa shape index (κ3) is 3.75. The van der Waals surface area contributed by atoms with Crippen LogP contribution in [0.5, 0.6) is 5.75 Å². The van der Waals surface area contributed by atoms with Crippen LogP contribution >= 0.6 is 0 Å². The number of hydrogen-bond donors (Lipinski definition) is 1. The summed E-state index contributed by atoms with van der Waals surface area (Å²) in [7, 11) is 0. The highest BCUT2D eigenvalue weighted by atomic mass is 19.4. The second kappa shape index (κ2) is 4.48. The van der Waals surface area contributed by atoms with E-state index in [1.807, 2.05) is 6.07 Å². The molecule has 0 fully saturated rings. The molecular weight excluding hydrogens is 216 g/mol. The Balaban J connectivity index is 2.51. The van der Waals surface area contributed by atoms with Gasteiger partial charge in [-0.25, -0.2) is 4.39 Å². The lowest BCUT2D eigenvalue weighted by atomic mass is 10.3. The van der Waals surface area contributed by atoms with Crippen molar-refractivity contribution in [1.29, 1.82) is 0 Å². The van der Waals surface area contributed by atoms with Crippen molar-refractivity contribution < 1.29 is 27.4 Å². The van der Waals surface area contributed by atoms with Crippen molar-refractivity contribution in [3.8, 4) is 5.75 Å². The summed E-state index contributed by atoms with van der Waals surface area (Å²) in [4.78, 5) is 0. The highest BCUT2D eigenvalue weighted by molar-refractivity contribution is 5.20. The van der Waals surface area contributed by atoms with Crippen molar-refractivity contribution in [2.45, 2.75) is 12.3 Å². The smallest absolute Gasteiger partial charge is 0.417 e. The maximum atomic E-state index is 12.5. The quantitative estimate of drug-likeness (QED) is 0.793. The van der Waals surface area contributed by atoms with Crippen LogP contribution in [-0.2, 0) is 0 Å². The lowest BCUT2D eigenvalue weighted by molar-refractivity contribution is -0.210. The first-order chi connectivity index (χ1) is 6.89. The number of rotatable bonds is 3. The SMILES string of the molecule is OC(COc1[c]c(F)ccc1)C(F)(F)F. The normalized spacial score (nSPS) is 13.7. The highest BCUT2D eigenvalue weighted by Gasteiger charge is 2.38. The molecule has 0 aromatic heterocycles. The molecule has 1 aromatic rings. The monoisotopic (exact) mass is 223 g/mol. The fourth-order valence-corrected chi connectivity index (χ4v) is 0.768. The molecule has 1 radical (unpaired) electrons. The van der Waals surface area contributed by atoms with Crippen LogP contribution in [0.2, 0.25) is 0 Å². The second-order valence-electron chi connectivity index (χ2n) is 2.73. The first-order valence-corrected chi connectivity index (χ1v) is 3.95. The number of ether oxygens (including phenoxy) is 1. The fraction of sp³-hybridized carbons (Fsp3) is 0.333. The molecular formula is C9H7F4O2. The van der Waals surface area contributed by atoms with E-state index in [1.165, 1.54) is 12.1 Å². The summed E-state index contributed by atoms with van der Waals surface area (Å²) in [6, 6.07) is 5.63. The molecule has 15 heavy (non-hydrogen) atoms. The van der Waals surface area contributed by atoms with Gasteiger partial charge in [0, 0.05) is 0 Å². The average Bonchev–Trinajstić information content (AvgIpc) is 2.12. The minimum atomic E-state index is -4.74. The lowest BCUT2D eigenvalue weighted by Crippen LogP contribution is -2.34. The van der Waals surface area contributed by atoms with E-state index in [0.29, 0.717) is 0 Å². The number of aliphatic hydroxyl groups excluding tert-OH is 1. The standard InChI is InChI=1S/C9H7F4O2/c10-6-2-1-3-7(4-6)15-5-8(14)9(11,12)13/h1-3,8,14H,5H2. The van der Waals surface area contributed by atoms with E-state index in [9.17, 15) is 17.6 Å². The Bertz CT molecular complexity index is 324. The molecule has 6 heteroatoms. The number of hydrogen-bond acceptors (Lipinski definition) is 2. The van der Waals surface area contributed by atoms with Crippen LogP contribution in [0.25, 0.3) is 0 Å². The zero-order valence-corrected chi connectivity index (χ0v) is 7.38. The van der Waals surface area contributed by atoms with E-state index < -0.39 is 24.7 Å². The molecule has 1 unspecified atom stereocenters. The van der Waals surface area contributed by atoms with Gasteiger partial charge in [-0.1, -0.05) is 6.07 Å². The Hall–Kier alpha value is -1.30. The van der Waals surface area contributed by atoms with E-state index in [1.54, 1.807) is 0 Å². The first-order valence-electron chi connectivity index (χ1n) is 3.95. The van der Waals surface area contributed by atoms with Crippen LogP contribution in [0.4, 0.5) is 17.6 Å². The third-order valence-electron chi connectivity index (χ3n) is 1.51. The Morgan fingerprint density at radius 1 is 1.40 bits per heavy atom. The van der Waals surface area contributed by atoms with E-state index in [2.05, 4.69) is 4.74 Å². The minimum Gasteiger partial charge on any atom is -0.490 e. The molecule has 0 saturated carbocycles. The number of aliphatic hydroxyl groups is 1. The molecule has 0 heterocycles. The highest BCUT2D eigenvalue weighted by Crippen LogP contribution is 2.21. The van der Waals surface area contributed by atoms with Crippen molar-refractivity contribution in [3.05, 3.63) is 30.1 Å². The zero-order valence-electron chi connectivity index (χ0n) is 7.38. The molecule has 1 N–H and O–H groups in total. The van der Waals surface area contributed by atoms with Gasteiger partial charge in [-0.05, 0) is 12.1 Å². The predicted molar refractivity (Wildman–Crippen MR) is 42.8 cm³/mol. The fourth-order valence-electron chi connectivity index (χ4n) is 0.768. The van der Waals surface area contributed by atoms with Crippen LogP contribution < -0.4 is 4.74 Å². The molecule has 2 nitrogen and oxygen atoms in total. The largest absolute Gasteiger partial charge is 0.490 e. The van der Waals surface area contributed by atoms with Crippen LogP contribution in [0.3, 0.4) is 0 Å². The summed E-state index contributed by atoms with van der Waals surface area (Å²) in [5.41, 5.74) is 0. The Morgan fingerprint density at radius 3 is 2.60 bits per heavy atom. The Kier molecular flexibility index (Phi) is 3.52. The topological polar surface area (TPSA) is 29.5 Å². The Morgan fingerprint density at radius 2 is 2.07 bits per heavy atom. The number of alkyl halides is 3. The molecule has 1 atom stereocenters. The van der Waals surface area contributed by atoms with Gasteiger partial charge in [0.2, 0.25) is 0 Å². The maximum Gasteiger partial charge on any atom is 0.417 e. The van der Waals surface area contributed by atoms with Gasteiger partial charge in [-0.3, -0.25) is 0 Å². The van der Waals surface area contributed by atoms with Crippen LogP contribution in [0.15, 0.2) is 18.2 Å². The van der Waals surface area contributed by atoms with Gasteiger partial charge in [0.05, 0.1) is 6.07 Å². The minimum absolute atomic E-state index is 0.182. The molecule has 0 bridgehead atoms. The maximum absolute atomic E-state index is 12.5. The van der Waals surface area contributed by atoms with E-state index in [4.69, 9.17) is 5.11 Å². The summed E-state index contributed by atoms with van der Waals surface area (Å²) in [6.07, 6.45) is -7.33. The second-order valence-corrected chi connectivity index (χ2v) is 2.73. The van der Waals surface area contributed by atoms with Gasteiger partial charge in [0.15, 0.2) is 6.10 Å². The van der Waals surface area contributed by atoms with E-state index in [-0.39, 0.29) is 5.75 Å². The molecule has 1 rings (SSSR count). The van der Waals surface area contributed by atoms with Gasteiger partial charge in [-0.2, -0.15) is 13.2 Å². The zero-order chi connectivity index (χ0) is 11.5. The summed E-state index contributed by atoms with van der Waals surface area (Å²) in [5, 5.41) is 8.56. The van der Waals surface area contributed by atoms with Crippen molar-refractivity contribution in [2.24, 2.45) is 0 Å². The van der Waals surface area contributed by atoms with Crippen molar-refractivity contribution in [1.82, 2.24) is 0 Å². The summed E-state index contributed by atoms with van der Waals surface area (Å²) in [5.74, 6) is -0.924. The predicted octanol–water partition coefficient (Wildman–Crippen LogP) is 1.93. The summed E-state index contributed by atoms with van der Waals surface area (Å²) >= 11 is 0. The average molecular weight is 223 g/mol. The first kappa shape index (κ1) is 11.8. The van der Waals surface area contributed by atoms with E-state index in [0.717, 1.165) is 6.07 Å². The van der Waals surface area contributed by atoms with Crippen molar-refractivity contribution in [3.63, 3.8) is 0 Å². The Labute approximate surface area is 83.1 Å². The molecule has 83 valence electrons. The summed E-state index contributed by atoms with van der Waals surface area (Å²) < 4.78 is 52.5. The molecule has 1 aromatic carbocycles.